The van der Waals surface area contributed by atoms with Crippen molar-refractivity contribution in [3.05, 3.63) is 11.1 Å². The summed E-state index contributed by atoms with van der Waals surface area (Å²) in [6.45, 7) is 2.72. The monoisotopic (exact) mass is 263 g/mol. The lowest BCUT2D eigenvalue weighted by atomic mass is 10.2. The van der Waals surface area contributed by atoms with E-state index in [2.05, 4.69) is 37.8 Å². The summed E-state index contributed by atoms with van der Waals surface area (Å²) in [7, 11) is 0. The summed E-state index contributed by atoms with van der Waals surface area (Å²) in [6.07, 6.45) is 1.47. The Bertz CT molecular complexity index is 265. The van der Waals surface area contributed by atoms with Gasteiger partial charge in [-0.05, 0) is 17.5 Å². The summed E-state index contributed by atoms with van der Waals surface area (Å²) in [4.78, 5) is 11.9. The van der Waals surface area contributed by atoms with Crippen LogP contribution in [0, 0.1) is 5.92 Å². The second-order valence-corrected chi connectivity index (χ2v) is 4.18. The summed E-state index contributed by atoms with van der Waals surface area (Å²) in [5.41, 5.74) is 0. The average Bonchev–Trinajstić information content (AvgIpc) is 2.66. The lowest BCUT2D eigenvalue weighted by molar-refractivity contribution is 0.0953. The summed E-state index contributed by atoms with van der Waals surface area (Å²) >= 11 is 4.45. The molecule has 4 nitrogen and oxygen atoms in total. The van der Waals surface area contributed by atoms with Crippen LogP contribution >= 0.6 is 27.5 Å². The number of hydrogen-bond acceptors (Lipinski definition) is 4. The van der Waals surface area contributed by atoms with E-state index in [0.717, 1.165) is 16.9 Å². The Kier molecular flexibility index (Phi) is 4.31. The van der Waals surface area contributed by atoms with Gasteiger partial charge in [-0.25, -0.2) is 0 Å². The third kappa shape index (κ3) is 3.40. The predicted molar refractivity (Wildman–Crippen MR) is 55.2 cm³/mol. The van der Waals surface area contributed by atoms with E-state index in [4.69, 9.17) is 0 Å². The molecule has 1 aromatic rings. The molecule has 0 saturated heterocycles. The van der Waals surface area contributed by atoms with E-state index in [-0.39, 0.29) is 5.91 Å². The number of hydrogen-bond donors (Lipinski definition) is 1. The number of nitrogens with zero attached hydrogens (tertiary/aromatic N) is 2. The fourth-order valence-corrected chi connectivity index (χ4v) is 1.34. The molecule has 72 valence electrons. The number of amides is 1. The number of rotatable bonds is 4. The maximum absolute atomic E-state index is 11.3. The van der Waals surface area contributed by atoms with Gasteiger partial charge in [0.2, 0.25) is 0 Å². The molecule has 1 heterocycles. The topological polar surface area (TPSA) is 54.9 Å². The largest absolute Gasteiger partial charge is 0.351 e. The molecule has 1 amide bonds. The van der Waals surface area contributed by atoms with Gasteiger partial charge in [0, 0.05) is 11.9 Å². The fraction of sp³-hybridized carbons (Fsp3) is 0.571. The smallest absolute Gasteiger partial charge is 0.264 e. The minimum Gasteiger partial charge on any atom is -0.351 e. The van der Waals surface area contributed by atoms with Crippen molar-refractivity contribution in [1.82, 2.24) is 14.9 Å². The van der Waals surface area contributed by atoms with Crippen LogP contribution in [-0.2, 0) is 0 Å². The predicted octanol–water partition coefficient (Wildman–Crippen LogP) is 1.30. The molecule has 1 unspecified atom stereocenters. The molecule has 0 saturated carbocycles. The van der Waals surface area contributed by atoms with Gasteiger partial charge in [0.25, 0.3) is 5.91 Å². The fourth-order valence-electron chi connectivity index (χ4n) is 0.676. The maximum Gasteiger partial charge on any atom is 0.264 e. The minimum atomic E-state index is -0.0946. The van der Waals surface area contributed by atoms with Crippen LogP contribution in [0.3, 0.4) is 0 Å². The summed E-state index contributed by atoms with van der Waals surface area (Å²) in [6, 6.07) is 0. The van der Waals surface area contributed by atoms with Crippen molar-refractivity contribution in [2.45, 2.75) is 6.92 Å². The van der Waals surface area contributed by atoms with Crippen LogP contribution in [0.1, 0.15) is 16.6 Å². The van der Waals surface area contributed by atoms with Crippen LogP contribution in [0.4, 0.5) is 0 Å². The molecule has 0 bridgehead atoms. The van der Waals surface area contributed by atoms with Gasteiger partial charge in [-0.2, -0.15) is 0 Å². The third-order valence-electron chi connectivity index (χ3n) is 1.46. The molecule has 0 spiro atoms. The normalized spacial score (nSPS) is 12.5. The van der Waals surface area contributed by atoms with Gasteiger partial charge in [-0.3, -0.25) is 4.79 Å². The second-order valence-electron chi connectivity index (χ2n) is 2.75. The Hall–Kier alpha value is -0.490. The molecule has 0 radical (unpaired) electrons. The Labute approximate surface area is 89.0 Å². The van der Waals surface area contributed by atoms with E-state index in [1.165, 1.54) is 6.20 Å². The van der Waals surface area contributed by atoms with Crippen molar-refractivity contribution in [1.29, 1.82) is 0 Å². The Morgan fingerprint density at radius 2 is 2.62 bits per heavy atom. The molecule has 13 heavy (non-hydrogen) atoms. The molecular weight excluding hydrogens is 254 g/mol. The number of aromatic nitrogens is 2. The van der Waals surface area contributed by atoms with Crippen LogP contribution in [0.5, 0.6) is 0 Å². The first-order valence-electron chi connectivity index (χ1n) is 3.85. The zero-order chi connectivity index (χ0) is 9.68. The molecule has 1 aromatic heterocycles. The van der Waals surface area contributed by atoms with Gasteiger partial charge in [-0.15, -0.1) is 5.10 Å². The Morgan fingerprint density at radius 1 is 1.85 bits per heavy atom. The number of nitrogens with one attached hydrogen (secondary N) is 1. The van der Waals surface area contributed by atoms with Crippen LogP contribution in [-0.4, -0.2) is 27.4 Å². The van der Waals surface area contributed by atoms with Crippen LogP contribution in [0.25, 0.3) is 0 Å². The van der Waals surface area contributed by atoms with Crippen LogP contribution < -0.4 is 5.32 Å². The number of halogens is 1. The molecular formula is C7H10BrN3OS. The van der Waals surface area contributed by atoms with E-state index >= 15 is 0 Å². The Morgan fingerprint density at radius 3 is 3.15 bits per heavy atom. The molecule has 0 aliphatic carbocycles. The highest BCUT2D eigenvalue weighted by atomic mass is 79.9. The molecule has 1 rings (SSSR count). The molecule has 1 atom stereocenters. The second kappa shape index (κ2) is 5.29. The summed E-state index contributed by atoms with van der Waals surface area (Å²) in [5, 5.41) is 7.27. The first-order chi connectivity index (χ1) is 6.24. The van der Waals surface area contributed by atoms with Gasteiger partial charge < -0.3 is 5.32 Å². The molecule has 6 heteroatoms. The SMILES string of the molecule is CC(CBr)CNC(=O)c1cnns1. The van der Waals surface area contributed by atoms with Crippen molar-refractivity contribution in [3.63, 3.8) is 0 Å². The van der Waals surface area contributed by atoms with Gasteiger partial charge in [0.05, 0.1) is 6.20 Å². The lowest BCUT2D eigenvalue weighted by Gasteiger charge is -2.07. The lowest BCUT2D eigenvalue weighted by Crippen LogP contribution is -2.28. The molecule has 0 aliphatic rings. The van der Waals surface area contributed by atoms with Gasteiger partial charge >= 0.3 is 0 Å². The zero-order valence-corrected chi connectivity index (χ0v) is 9.56. The van der Waals surface area contributed by atoms with E-state index < -0.39 is 0 Å². The van der Waals surface area contributed by atoms with Crippen molar-refractivity contribution < 1.29 is 4.79 Å². The quantitative estimate of drug-likeness (QED) is 0.834. The number of carbonyl (C=O) groups is 1. The Balaban J connectivity index is 2.35. The average molecular weight is 264 g/mol. The molecule has 0 aliphatic heterocycles. The van der Waals surface area contributed by atoms with E-state index in [0.29, 0.717) is 17.3 Å². The highest BCUT2D eigenvalue weighted by molar-refractivity contribution is 9.09. The van der Waals surface area contributed by atoms with Crippen molar-refractivity contribution in [2.24, 2.45) is 5.92 Å². The first-order valence-corrected chi connectivity index (χ1v) is 5.75. The summed E-state index contributed by atoms with van der Waals surface area (Å²) < 4.78 is 3.61. The summed E-state index contributed by atoms with van der Waals surface area (Å²) in [5.74, 6) is 0.340. The molecule has 1 N–H and O–H groups in total. The number of alkyl halides is 1. The van der Waals surface area contributed by atoms with E-state index in [9.17, 15) is 4.79 Å². The highest BCUT2D eigenvalue weighted by Crippen LogP contribution is 2.02. The highest BCUT2D eigenvalue weighted by Gasteiger charge is 2.08. The third-order valence-corrected chi connectivity index (χ3v) is 3.23. The van der Waals surface area contributed by atoms with E-state index in [1.54, 1.807) is 0 Å². The van der Waals surface area contributed by atoms with Gasteiger partial charge in [0.1, 0.15) is 4.88 Å². The maximum atomic E-state index is 11.3. The standard InChI is InChI=1S/C7H10BrN3OS/c1-5(2-8)3-9-7(12)6-4-10-11-13-6/h4-5H,2-3H2,1H3,(H,9,12). The van der Waals surface area contributed by atoms with E-state index in [1.807, 2.05) is 0 Å². The van der Waals surface area contributed by atoms with Crippen molar-refractivity contribution >= 4 is 33.4 Å². The molecule has 0 aromatic carbocycles. The number of carbonyl (C=O) groups excluding carboxylic acids is 1. The van der Waals surface area contributed by atoms with Crippen molar-refractivity contribution in [3.8, 4) is 0 Å². The molecule has 0 fully saturated rings. The van der Waals surface area contributed by atoms with Gasteiger partial charge in [-0.1, -0.05) is 27.3 Å². The van der Waals surface area contributed by atoms with Crippen LogP contribution in [0.2, 0.25) is 0 Å². The van der Waals surface area contributed by atoms with Gasteiger partial charge in [0.15, 0.2) is 0 Å². The zero-order valence-electron chi connectivity index (χ0n) is 7.16. The first kappa shape index (κ1) is 10.6. The minimum absolute atomic E-state index is 0.0946. The van der Waals surface area contributed by atoms with Crippen LogP contribution in [0.15, 0.2) is 6.20 Å². The van der Waals surface area contributed by atoms with Crippen molar-refractivity contribution in [2.75, 3.05) is 11.9 Å².